The maximum Gasteiger partial charge on any atom is 0.280 e. The van der Waals surface area contributed by atoms with Gasteiger partial charge in [0.2, 0.25) is 5.82 Å². The molecule has 0 saturated carbocycles. The Morgan fingerprint density at radius 3 is 3.00 bits per heavy atom. The average Bonchev–Trinajstić information content (AvgIpc) is 3.53. The number of hydrogen-bond acceptors (Lipinski definition) is 7. The molecule has 0 aliphatic rings. The molecule has 0 bridgehead atoms. The second kappa shape index (κ2) is 8.00. The quantitative estimate of drug-likeness (QED) is 0.420. The molecule has 0 aliphatic heterocycles. The molecule has 4 heterocycles. The highest BCUT2D eigenvalue weighted by atomic mass is 35.5. The van der Waals surface area contributed by atoms with Crippen LogP contribution < -0.4 is 5.32 Å². The Hall–Kier alpha value is -4.05. The summed E-state index contributed by atoms with van der Waals surface area (Å²) in [5, 5.41) is 16.4. The van der Waals surface area contributed by atoms with Crippen LogP contribution >= 0.6 is 11.6 Å². The zero-order valence-corrected chi connectivity index (χ0v) is 16.7. The van der Waals surface area contributed by atoms with Gasteiger partial charge < -0.3 is 14.8 Å². The Morgan fingerprint density at radius 2 is 2.13 bits per heavy atom. The molecule has 4 aromatic heterocycles. The molecule has 0 spiro atoms. The minimum absolute atomic E-state index is 0.218. The number of H-pyrrole nitrogens is 1. The molecule has 0 radical (unpaired) electrons. The van der Waals surface area contributed by atoms with E-state index in [0.717, 1.165) is 10.9 Å². The Bertz CT molecular complexity index is 1360. The van der Waals surface area contributed by atoms with Crippen LogP contribution in [0.1, 0.15) is 10.5 Å². The number of fused-ring (bicyclic) bond motifs is 1. The average molecular weight is 435 g/mol. The van der Waals surface area contributed by atoms with E-state index in [1.807, 2.05) is 18.2 Å². The third kappa shape index (κ3) is 4.01. The van der Waals surface area contributed by atoms with Crippen LogP contribution in [0.3, 0.4) is 0 Å². The van der Waals surface area contributed by atoms with Gasteiger partial charge in [-0.1, -0.05) is 28.0 Å². The largest absolute Gasteiger partial charge is 0.351 e. The molecule has 154 valence electrons. The van der Waals surface area contributed by atoms with E-state index in [9.17, 15) is 4.79 Å². The number of benzene rings is 1. The highest BCUT2D eigenvalue weighted by molar-refractivity contribution is 6.31. The molecule has 10 nitrogen and oxygen atoms in total. The third-order valence-electron chi connectivity index (χ3n) is 4.53. The lowest BCUT2D eigenvalue weighted by Crippen LogP contribution is -2.27. The maximum atomic E-state index is 12.4. The second-order valence-corrected chi connectivity index (χ2v) is 7.11. The summed E-state index contributed by atoms with van der Waals surface area (Å²) < 4.78 is 6.84. The number of nitrogens with one attached hydrogen (secondary N) is 2. The second-order valence-electron chi connectivity index (χ2n) is 6.68. The minimum atomic E-state index is -0.218. The fourth-order valence-corrected chi connectivity index (χ4v) is 3.22. The summed E-state index contributed by atoms with van der Waals surface area (Å²) in [5.41, 5.74) is 2.35. The molecule has 0 saturated heterocycles. The van der Waals surface area contributed by atoms with Crippen LogP contribution in [0.25, 0.3) is 34.0 Å². The van der Waals surface area contributed by atoms with Crippen LogP contribution in [0.15, 0.2) is 59.4 Å². The van der Waals surface area contributed by atoms with E-state index in [1.54, 1.807) is 41.3 Å². The molecule has 5 rings (SSSR count). The predicted octanol–water partition coefficient (Wildman–Crippen LogP) is 2.95. The highest BCUT2D eigenvalue weighted by Crippen LogP contribution is 2.20. The molecule has 1 amide bonds. The van der Waals surface area contributed by atoms with E-state index in [1.165, 1.54) is 0 Å². The zero-order chi connectivity index (χ0) is 21.2. The van der Waals surface area contributed by atoms with Crippen molar-refractivity contribution < 1.29 is 9.32 Å². The number of aromatic nitrogens is 7. The smallest absolute Gasteiger partial charge is 0.280 e. The lowest BCUT2D eigenvalue weighted by molar-refractivity contribution is 0.0947. The van der Waals surface area contributed by atoms with Gasteiger partial charge in [0.25, 0.3) is 11.8 Å². The molecule has 0 atom stereocenters. The minimum Gasteiger partial charge on any atom is -0.351 e. The van der Waals surface area contributed by atoms with Gasteiger partial charge in [0.15, 0.2) is 5.69 Å². The van der Waals surface area contributed by atoms with Gasteiger partial charge in [-0.15, -0.1) is 5.10 Å². The molecular weight excluding hydrogens is 420 g/mol. The van der Waals surface area contributed by atoms with Gasteiger partial charge in [-0.2, -0.15) is 4.98 Å². The van der Waals surface area contributed by atoms with Gasteiger partial charge in [0.1, 0.15) is 11.4 Å². The lowest BCUT2D eigenvalue weighted by atomic mass is 10.2. The first-order chi connectivity index (χ1) is 15.2. The van der Waals surface area contributed by atoms with Crippen molar-refractivity contribution in [2.75, 3.05) is 6.54 Å². The molecule has 31 heavy (non-hydrogen) atoms. The van der Waals surface area contributed by atoms with Crippen molar-refractivity contribution in [2.45, 2.75) is 6.54 Å². The van der Waals surface area contributed by atoms with Crippen molar-refractivity contribution in [3.05, 3.63) is 65.6 Å². The van der Waals surface area contributed by atoms with Crippen molar-refractivity contribution in [1.29, 1.82) is 0 Å². The summed E-state index contributed by atoms with van der Waals surface area (Å²) >= 11 is 5.99. The van der Waals surface area contributed by atoms with Gasteiger partial charge in [0, 0.05) is 28.7 Å². The first-order valence-corrected chi connectivity index (χ1v) is 9.75. The van der Waals surface area contributed by atoms with E-state index in [2.05, 4.69) is 35.7 Å². The number of halogens is 1. The number of hydrogen-bond donors (Lipinski definition) is 2. The predicted molar refractivity (Wildman–Crippen MR) is 112 cm³/mol. The van der Waals surface area contributed by atoms with Gasteiger partial charge >= 0.3 is 0 Å². The summed E-state index contributed by atoms with van der Waals surface area (Å²) in [6.45, 7) is 0.785. The molecule has 0 unspecified atom stereocenters. The van der Waals surface area contributed by atoms with Crippen molar-refractivity contribution in [1.82, 2.24) is 40.4 Å². The van der Waals surface area contributed by atoms with E-state index in [-0.39, 0.29) is 11.8 Å². The fraction of sp³-hybridized carbons (Fsp3) is 0.100. The van der Waals surface area contributed by atoms with Crippen molar-refractivity contribution in [2.24, 2.45) is 0 Å². The number of aromatic amines is 1. The Kier molecular flexibility index (Phi) is 4.89. The first kappa shape index (κ1) is 18.9. The van der Waals surface area contributed by atoms with E-state index < -0.39 is 0 Å². The molecule has 2 N–H and O–H groups in total. The van der Waals surface area contributed by atoms with Gasteiger partial charge in [-0.05, 0) is 36.4 Å². The van der Waals surface area contributed by atoms with Crippen LogP contribution in [0.5, 0.6) is 0 Å². The van der Waals surface area contributed by atoms with E-state index >= 15 is 0 Å². The number of carbonyl (C=O) groups excluding carboxylic acids is 1. The van der Waals surface area contributed by atoms with Gasteiger partial charge in [-0.25, -0.2) is 4.68 Å². The van der Waals surface area contributed by atoms with Crippen LogP contribution in [0.4, 0.5) is 0 Å². The van der Waals surface area contributed by atoms with E-state index in [4.69, 9.17) is 16.1 Å². The van der Waals surface area contributed by atoms with Crippen molar-refractivity contribution in [3.8, 4) is 23.1 Å². The molecular formula is C20H15ClN8O2. The number of carbonyl (C=O) groups is 1. The summed E-state index contributed by atoms with van der Waals surface area (Å²) in [6, 6.07) is 12.6. The molecule has 1 aromatic carbocycles. The first-order valence-electron chi connectivity index (χ1n) is 9.38. The van der Waals surface area contributed by atoms with Crippen molar-refractivity contribution in [3.63, 3.8) is 0 Å². The number of nitrogens with zero attached hydrogens (tertiary/aromatic N) is 6. The standard InChI is InChI=1S/C20H15ClN8O2/c21-13-4-5-14-12(9-13)10-16(24-14)19(30)23-7-8-29-11-17(26-28-29)20-25-18(27-31-20)15-3-1-2-6-22-15/h1-6,9-11,24H,7-8H2,(H,23,30). The molecule has 0 fully saturated rings. The summed E-state index contributed by atoms with van der Waals surface area (Å²) in [4.78, 5) is 24.0. The lowest BCUT2D eigenvalue weighted by Gasteiger charge is -2.03. The summed E-state index contributed by atoms with van der Waals surface area (Å²) in [6.07, 6.45) is 3.33. The summed E-state index contributed by atoms with van der Waals surface area (Å²) in [5.74, 6) is 0.397. The fourth-order valence-electron chi connectivity index (χ4n) is 3.04. The summed E-state index contributed by atoms with van der Waals surface area (Å²) in [7, 11) is 0. The normalized spacial score (nSPS) is 11.1. The van der Waals surface area contributed by atoms with Crippen molar-refractivity contribution >= 4 is 28.4 Å². The number of pyridine rings is 1. The van der Waals surface area contributed by atoms with Crippen LogP contribution in [0, 0.1) is 0 Å². The molecule has 5 aromatic rings. The number of rotatable bonds is 6. The zero-order valence-electron chi connectivity index (χ0n) is 16.0. The van der Waals surface area contributed by atoms with Gasteiger partial charge in [-0.3, -0.25) is 9.78 Å². The monoisotopic (exact) mass is 434 g/mol. The Balaban J connectivity index is 1.20. The van der Waals surface area contributed by atoms with Crippen LogP contribution in [0.2, 0.25) is 5.02 Å². The van der Waals surface area contributed by atoms with Crippen LogP contribution in [-0.2, 0) is 6.54 Å². The SMILES string of the molecule is O=C(NCCn1cc(-c2nc(-c3ccccn3)no2)nn1)c1cc2cc(Cl)ccc2[nH]1. The third-order valence-corrected chi connectivity index (χ3v) is 4.77. The van der Waals surface area contributed by atoms with Gasteiger partial charge in [0.05, 0.1) is 12.7 Å². The van der Waals surface area contributed by atoms with Crippen LogP contribution in [-0.4, -0.2) is 47.6 Å². The molecule has 11 heteroatoms. The Labute approximate surface area is 180 Å². The highest BCUT2D eigenvalue weighted by Gasteiger charge is 2.15. The van der Waals surface area contributed by atoms with E-state index in [0.29, 0.717) is 41.0 Å². The molecule has 0 aliphatic carbocycles. The number of amides is 1. The maximum absolute atomic E-state index is 12.4. The topological polar surface area (TPSA) is 127 Å². The Morgan fingerprint density at radius 1 is 1.19 bits per heavy atom.